The topological polar surface area (TPSA) is 78.8 Å². The number of aliphatic hydroxyl groups is 2. The van der Waals surface area contributed by atoms with Gasteiger partial charge in [0.1, 0.15) is 6.61 Å². The van der Waals surface area contributed by atoms with E-state index >= 15 is 0 Å². The van der Waals surface area contributed by atoms with Crippen molar-refractivity contribution in [3.8, 4) is 0 Å². The van der Waals surface area contributed by atoms with E-state index in [9.17, 15) is 4.79 Å². The third-order valence-electron chi connectivity index (χ3n) is 5.41. The van der Waals surface area contributed by atoms with Gasteiger partial charge in [0.05, 0.1) is 0 Å². The molecule has 1 unspecified atom stereocenters. The Balaban J connectivity index is 3.30. The van der Waals surface area contributed by atoms with E-state index in [1.54, 1.807) is 0 Å². The molecular weight excluding hydrogens is 378 g/mol. The van der Waals surface area contributed by atoms with Crippen LogP contribution in [0.2, 0.25) is 0 Å². The van der Waals surface area contributed by atoms with Gasteiger partial charge in [-0.2, -0.15) is 0 Å². The summed E-state index contributed by atoms with van der Waals surface area (Å²) in [5, 5.41) is 21.1. The van der Waals surface area contributed by atoms with Crippen LogP contribution in [0.15, 0.2) is 12.2 Å². The monoisotopic (exact) mass is 427 g/mol. The van der Waals surface area contributed by atoms with Gasteiger partial charge in [-0.3, -0.25) is 4.79 Å². The zero-order chi connectivity index (χ0) is 22.1. The Morgan fingerprint density at radius 3 is 2.10 bits per heavy atom. The number of carbonyl (C=O) groups is 1. The van der Waals surface area contributed by atoms with Crippen LogP contribution >= 0.6 is 0 Å². The zero-order valence-electron chi connectivity index (χ0n) is 19.6. The third-order valence-corrected chi connectivity index (χ3v) is 5.41. The first kappa shape index (κ1) is 29.1. The molecule has 5 heteroatoms. The summed E-state index contributed by atoms with van der Waals surface area (Å²) in [7, 11) is 0. The smallest absolute Gasteiger partial charge is 0.305 e. The van der Waals surface area contributed by atoms with Crippen LogP contribution in [0.4, 0.5) is 0 Å². The van der Waals surface area contributed by atoms with Gasteiger partial charge < -0.3 is 20.3 Å². The van der Waals surface area contributed by atoms with Gasteiger partial charge in [-0.15, -0.1) is 0 Å². The molecule has 0 radical (unpaired) electrons. The van der Waals surface area contributed by atoms with Gasteiger partial charge in [-0.05, 0) is 44.4 Å². The molecule has 0 spiro atoms. The standard InChI is InChI=1S/C25H49NO4/c1-2-3-4-5-6-7-8-9-10-11-12-13-14-15-16-17-25(29)30-21-19-26-22-24(23-28)18-20-27/h9-10,24,26-28H,2-8,11-23H2,1H3/b10-9+. The second-order valence-electron chi connectivity index (χ2n) is 8.32. The van der Waals surface area contributed by atoms with E-state index in [-0.39, 0.29) is 25.1 Å². The summed E-state index contributed by atoms with van der Waals surface area (Å²) in [4.78, 5) is 11.7. The molecular formula is C25H49NO4. The lowest BCUT2D eigenvalue weighted by Gasteiger charge is -2.13. The van der Waals surface area contributed by atoms with Crippen LogP contribution in [0.5, 0.6) is 0 Å². The molecule has 5 nitrogen and oxygen atoms in total. The number of esters is 1. The summed E-state index contributed by atoms with van der Waals surface area (Å²) in [5.74, 6) is -0.0648. The first-order valence-corrected chi connectivity index (χ1v) is 12.5. The van der Waals surface area contributed by atoms with Crippen LogP contribution in [0, 0.1) is 5.92 Å². The molecule has 0 bridgehead atoms. The summed E-state index contributed by atoms with van der Waals surface area (Å²) in [6, 6.07) is 0. The minimum Gasteiger partial charge on any atom is -0.464 e. The van der Waals surface area contributed by atoms with Gasteiger partial charge in [0.15, 0.2) is 0 Å². The van der Waals surface area contributed by atoms with E-state index in [0.29, 0.717) is 32.5 Å². The van der Waals surface area contributed by atoms with Gasteiger partial charge in [-0.25, -0.2) is 0 Å². The highest BCUT2D eigenvalue weighted by Gasteiger charge is 2.06. The average Bonchev–Trinajstić information content (AvgIpc) is 2.75. The van der Waals surface area contributed by atoms with E-state index < -0.39 is 0 Å². The highest BCUT2D eigenvalue weighted by molar-refractivity contribution is 5.69. The molecule has 1 atom stereocenters. The highest BCUT2D eigenvalue weighted by atomic mass is 16.5. The summed E-state index contributed by atoms with van der Waals surface area (Å²) < 4.78 is 5.21. The molecule has 30 heavy (non-hydrogen) atoms. The maximum atomic E-state index is 11.7. The van der Waals surface area contributed by atoms with Gasteiger partial charge in [-0.1, -0.05) is 70.4 Å². The van der Waals surface area contributed by atoms with E-state index in [1.165, 1.54) is 70.6 Å². The molecule has 0 aromatic carbocycles. The largest absolute Gasteiger partial charge is 0.464 e. The Bertz CT molecular complexity index is 387. The van der Waals surface area contributed by atoms with Crippen molar-refractivity contribution in [1.82, 2.24) is 5.32 Å². The van der Waals surface area contributed by atoms with Crippen LogP contribution in [-0.2, 0) is 9.53 Å². The molecule has 3 N–H and O–H groups in total. The van der Waals surface area contributed by atoms with Crippen LogP contribution in [0.1, 0.15) is 103 Å². The van der Waals surface area contributed by atoms with Crippen LogP contribution < -0.4 is 5.32 Å². The van der Waals surface area contributed by atoms with Crippen LogP contribution in [0.25, 0.3) is 0 Å². The fourth-order valence-electron chi connectivity index (χ4n) is 3.40. The number of allylic oxidation sites excluding steroid dienone is 2. The van der Waals surface area contributed by atoms with Crippen molar-refractivity contribution in [3.05, 3.63) is 12.2 Å². The van der Waals surface area contributed by atoms with E-state index in [1.807, 2.05) is 0 Å². The second kappa shape index (κ2) is 24.4. The second-order valence-corrected chi connectivity index (χ2v) is 8.32. The predicted molar refractivity (Wildman–Crippen MR) is 126 cm³/mol. The van der Waals surface area contributed by atoms with E-state index in [0.717, 1.165) is 12.8 Å². The number of ether oxygens (including phenoxy) is 1. The summed E-state index contributed by atoms with van der Waals surface area (Å²) in [6.07, 6.45) is 22.0. The van der Waals surface area contributed by atoms with Crippen molar-refractivity contribution in [2.24, 2.45) is 5.92 Å². The molecule has 0 amide bonds. The summed E-state index contributed by atoms with van der Waals surface area (Å²) in [6.45, 7) is 3.97. The molecule has 178 valence electrons. The fourth-order valence-corrected chi connectivity index (χ4v) is 3.40. The van der Waals surface area contributed by atoms with E-state index in [4.69, 9.17) is 14.9 Å². The van der Waals surface area contributed by atoms with Crippen LogP contribution in [-0.4, -0.2) is 49.1 Å². The zero-order valence-corrected chi connectivity index (χ0v) is 19.6. The van der Waals surface area contributed by atoms with Crippen molar-refractivity contribution >= 4 is 5.97 Å². The number of rotatable bonds is 23. The third kappa shape index (κ3) is 21.8. The number of carbonyl (C=O) groups excluding carboxylic acids is 1. The predicted octanol–water partition coefficient (Wildman–Crippen LogP) is 5.15. The lowest BCUT2D eigenvalue weighted by Crippen LogP contribution is -2.29. The minimum absolute atomic E-state index is 0.0570. The Morgan fingerprint density at radius 2 is 1.50 bits per heavy atom. The quantitative estimate of drug-likeness (QED) is 0.119. The Labute approximate surface area is 185 Å². The maximum Gasteiger partial charge on any atom is 0.305 e. The molecule has 0 rings (SSSR count). The molecule has 0 aliphatic heterocycles. The van der Waals surface area contributed by atoms with Gasteiger partial charge in [0.25, 0.3) is 0 Å². The van der Waals surface area contributed by atoms with Gasteiger partial charge in [0.2, 0.25) is 0 Å². The van der Waals surface area contributed by atoms with Crippen LogP contribution in [0.3, 0.4) is 0 Å². The molecule has 0 saturated carbocycles. The van der Waals surface area contributed by atoms with Crippen molar-refractivity contribution in [2.45, 2.75) is 103 Å². The first-order valence-electron chi connectivity index (χ1n) is 12.5. The maximum absolute atomic E-state index is 11.7. The molecule has 0 aliphatic carbocycles. The average molecular weight is 428 g/mol. The minimum atomic E-state index is -0.122. The molecule has 0 aromatic heterocycles. The SMILES string of the molecule is CCCCCCCC/C=C/CCCCCCCC(=O)OCCNCC(CO)CCO. The van der Waals surface area contributed by atoms with Crippen molar-refractivity contribution in [2.75, 3.05) is 32.9 Å². The van der Waals surface area contributed by atoms with Gasteiger partial charge in [0, 0.05) is 32.7 Å². The number of nitrogens with one attached hydrogen (secondary N) is 1. The normalized spacial score (nSPS) is 12.5. The van der Waals surface area contributed by atoms with E-state index in [2.05, 4.69) is 24.4 Å². The van der Waals surface area contributed by atoms with Crippen molar-refractivity contribution < 1.29 is 19.7 Å². The number of hydrogen-bond donors (Lipinski definition) is 3. The highest BCUT2D eigenvalue weighted by Crippen LogP contribution is 2.10. The number of unbranched alkanes of at least 4 members (excludes halogenated alkanes) is 11. The first-order chi connectivity index (χ1) is 14.7. The van der Waals surface area contributed by atoms with Crippen molar-refractivity contribution in [1.29, 1.82) is 0 Å². The van der Waals surface area contributed by atoms with Crippen molar-refractivity contribution in [3.63, 3.8) is 0 Å². The Kier molecular flexibility index (Phi) is 23.6. The molecule has 0 aliphatic rings. The Morgan fingerprint density at radius 1 is 0.900 bits per heavy atom. The summed E-state index contributed by atoms with van der Waals surface area (Å²) >= 11 is 0. The molecule has 0 fully saturated rings. The fraction of sp³-hybridized carbons (Fsp3) is 0.880. The number of aliphatic hydroxyl groups excluding tert-OH is 2. The lowest BCUT2D eigenvalue weighted by molar-refractivity contribution is -0.143. The Hall–Kier alpha value is -0.910. The van der Waals surface area contributed by atoms with Gasteiger partial charge >= 0.3 is 5.97 Å². The molecule has 0 aromatic rings. The summed E-state index contributed by atoms with van der Waals surface area (Å²) in [5.41, 5.74) is 0. The molecule has 0 heterocycles. The molecule has 0 saturated heterocycles. The number of hydrogen-bond acceptors (Lipinski definition) is 5. The lowest BCUT2D eigenvalue weighted by atomic mass is 10.1.